The van der Waals surface area contributed by atoms with E-state index in [9.17, 15) is 19.8 Å². The number of aliphatic hydroxyl groups excluding tert-OH is 2. The molecule has 0 saturated heterocycles. The van der Waals surface area contributed by atoms with E-state index >= 15 is 0 Å². The molecule has 0 aromatic carbocycles. The molecule has 1 aliphatic carbocycles. The normalized spacial score (nSPS) is 29.4. The van der Waals surface area contributed by atoms with E-state index in [2.05, 4.69) is 5.32 Å². The van der Waals surface area contributed by atoms with Crippen molar-refractivity contribution in [3.05, 3.63) is 11.6 Å². The van der Waals surface area contributed by atoms with Gasteiger partial charge >= 0.3 is 0 Å². The predicted octanol–water partition coefficient (Wildman–Crippen LogP) is -3.03. The third-order valence-corrected chi connectivity index (χ3v) is 2.33. The maximum absolute atomic E-state index is 11.5. The van der Waals surface area contributed by atoms with Crippen LogP contribution in [-0.4, -0.2) is 46.8 Å². The predicted molar refractivity (Wildman–Crippen MR) is 54.9 cm³/mol. The number of hydrogen-bond donors (Lipinski definition) is 5. The lowest BCUT2D eigenvalue weighted by Gasteiger charge is -2.27. The Morgan fingerprint density at radius 3 is 2.62 bits per heavy atom. The van der Waals surface area contributed by atoms with Crippen molar-refractivity contribution in [3.8, 4) is 0 Å². The Morgan fingerprint density at radius 2 is 2.12 bits per heavy atom. The van der Waals surface area contributed by atoms with E-state index < -0.39 is 30.1 Å². The SMILES string of the molecule is NC(=O)CNC(=O)C1=CC(N)C(O)C(O)C1. The zero-order valence-corrected chi connectivity index (χ0v) is 8.59. The van der Waals surface area contributed by atoms with Gasteiger partial charge in [0, 0.05) is 12.0 Å². The molecule has 0 aromatic rings. The van der Waals surface area contributed by atoms with E-state index in [-0.39, 0.29) is 18.5 Å². The average Bonchev–Trinajstić information content (AvgIpc) is 2.21. The van der Waals surface area contributed by atoms with E-state index in [0.29, 0.717) is 0 Å². The van der Waals surface area contributed by atoms with Crippen molar-refractivity contribution in [3.63, 3.8) is 0 Å². The average molecular weight is 229 g/mol. The summed E-state index contributed by atoms with van der Waals surface area (Å²) in [5.74, 6) is -1.17. The van der Waals surface area contributed by atoms with Crippen molar-refractivity contribution in [2.24, 2.45) is 11.5 Å². The van der Waals surface area contributed by atoms with Gasteiger partial charge in [0.05, 0.1) is 24.8 Å². The highest BCUT2D eigenvalue weighted by Gasteiger charge is 2.30. The summed E-state index contributed by atoms with van der Waals surface area (Å²) in [4.78, 5) is 21.9. The van der Waals surface area contributed by atoms with Gasteiger partial charge in [0.15, 0.2) is 0 Å². The minimum atomic E-state index is -1.08. The molecule has 0 aromatic heterocycles. The summed E-state index contributed by atoms with van der Waals surface area (Å²) in [5.41, 5.74) is 10.6. The minimum absolute atomic E-state index is 0.000534. The Hall–Kier alpha value is -1.44. The molecule has 0 heterocycles. The molecule has 7 nitrogen and oxygen atoms in total. The molecule has 0 aliphatic heterocycles. The van der Waals surface area contributed by atoms with E-state index in [1.807, 2.05) is 0 Å². The number of carbonyl (C=O) groups is 2. The van der Waals surface area contributed by atoms with Gasteiger partial charge in [-0.1, -0.05) is 6.08 Å². The van der Waals surface area contributed by atoms with Crippen molar-refractivity contribution in [2.75, 3.05) is 6.54 Å². The highest BCUT2D eigenvalue weighted by Crippen LogP contribution is 2.18. The van der Waals surface area contributed by atoms with E-state index in [1.165, 1.54) is 6.08 Å². The summed E-state index contributed by atoms with van der Waals surface area (Å²) in [7, 11) is 0. The van der Waals surface area contributed by atoms with Crippen molar-refractivity contribution >= 4 is 11.8 Å². The van der Waals surface area contributed by atoms with Gasteiger partial charge < -0.3 is 27.0 Å². The maximum Gasteiger partial charge on any atom is 0.247 e. The molecule has 16 heavy (non-hydrogen) atoms. The van der Waals surface area contributed by atoms with Crippen LogP contribution in [0.3, 0.4) is 0 Å². The van der Waals surface area contributed by atoms with Gasteiger partial charge in [-0.2, -0.15) is 0 Å². The molecule has 2 amide bonds. The molecular formula is C9H15N3O4. The Balaban J connectivity index is 2.63. The Morgan fingerprint density at radius 1 is 1.50 bits per heavy atom. The fraction of sp³-hybridized carbons (Fsp3) is 0.556. The lowest BCUT2D eigenvalue weighted by Crippen LogP contribution is -2.47. The number of aliphatic hydroxyl groups is 2. The largest absolute Gasteiger partial charge is 0.390 e. The first kappa shape index (κ1) is 12.6. The number of hydrogen-bond acceptors (Lipinski definition) is 5. The van der Waals surface area contributed by atoms with Crippen LogP contribution in [0.4, 0.5) is 0 Å². The van der Waals surface area contributed by atoms with Crippen molar-refractivity contribution in [1.82, 2.24) is 5.32 Å². The molecule has 0 spiro atoms. The number of amides is 2. The quantitative estimate of drug-likeness (QED) is 0.350. The first-order valence-corrected chi connectivity index (χ1v) is 4.80. The third kappa shape index (κ3) is 3.02. The zero-order chi connectivity index (χ0) is 12.3. The van der Waals surface area contributed by atoms with Crippen LogP contribution in [-0.2, 0) is 9.59 Å². The number of nitrogens with two attached hydrogens (primary N) is 2. The molecule has 7 heteroatoms. The Kier molecular flexibility index (Phi) is 3.99. The Bertz CT molecular complexity index is 329. The summed E-state index contributed by atoms with van der Waals surface area (Å²) in [5, 5.41) is 21.0. The molecule has 0 radical (unpaired) electrons. The Labute approximate surface area is 92.1 Å². The van der Waals surface area contributed by atoms with Gasteiger partial charge in [0.2, 0.25) is 11.8 Å². The molecule has 0 fully saturated rings. The summed E-state index contributed by atoms with van der Waals surface area (Å²) < 4.78 is 0. The van der Waals surface area contributed by atoms with Crippen LogP contribution in [0.15, 0.2) is 11.6 Å². The fourth-order valence-corrected chi connectivity index (χ4v) is 1.45. The van der Waals surface area contributed by atoms with Gasteiger partial charge in [0.25, 0.3) is 0 Å². The van der Waals surface area contributed by atoms with Crippen LogP contribution >= 0.6 is 0 Å². The topological polar surface area (TPSA) is 139 Å². The summed E-state index contributed by atoms with van der Waals surface area (Å²) >= 11 is 0. The molecule has 0 bridgehead atoms. The molecular weight excluding hydrogens is 214 g/mol. The first-order valence-electron chi connectivity index (χ1n) is 4.80. The smallest absolute Gasteiger partial charge is 0.247 e. The van der Waals surface area contributed by atoms with Gasteiger partial charge in [0.1, 0.15) is 0 Å². The zero-order valence-electron chi connectivity index (χ0n) is 8.59. The lowest BCUT2D eigenvalue weighted by atomic mass is 9.90. The summed E-state index contributed by atoms with van der Waals surface area (Å²) in [6, 6.07) is -0.793. The number of carbonyl (C=O) groups excluding carboxylic acids is 2. The van der Waals surface area contributed by atoms with Gasteiger partial charge in [-0.05, 0) is 0 Å². The second-order valence-corrected chi connectivity index (χ2v) is 3.68. The standard InChI is InChI=1S/C9H15N3O4/c10-5-1-4(2-6(13)8(5)15)9(16)12-3-7(11)14/h1,5-6,8,13,15H,2-3,10H2,(H2,11,14)(H,12,16). The van der Waals surface area contributed by atoms with Crippen LogP contribution in [0, 0.1) is 0 Å². The molecule has 3 unspecified atom stereocenters. The van der Waals surface area contributed by atoms with Crippen LogP contribution in [0.1, 0.15) is 6.42 Å². The first-order chi connectivity index (χ1) is 7.41. The molecule has 3 atom stereocenters. The van der Waals surface area contributed by atoms with Crippen LogP contribution in [0.25, 0.3) is 0 Å². The maximum atomic E-state index is 11.5. The van der Waals surface area contributed by atoms with Crippen molar-refractivity contribution in [2.45, 2.75) is 24.7 Å². The number of rotatable bonds is 3. The highest BCUT2D eigenvalue weighted by atomic mass is 16.3. The molecule has 1 aliphatic rings. The van der Waals surface area contributed by atoms with Crippen molar-refractivity contribution in [1.29, 1.82) is 0 Å². The molecule has 1 rings (SSSR count). The molecule has 0 saturated carbocycles. The van der Waals surface area contributed by atoms with Gasteiger partial charge in [-0.25, -0.2) is 0 Å². The second-order valence-electron chi connectivity index (χ2n) is 3.68. The molecule has 7 N–H and O–H groups in total. The van der Waals surface area contributed by atoms with Gasteiger partial charge in [-0.3, -0.25) is 9.59 Å². The highest BCUT2D eigenvalue weighted by molar-refractivity contribution is 5.95. The second kappa shape index (κ2) is 5.06. The van der Waals surface area contributed by atoms with Crippen LogP contribution < -0.4 is 16.8 Å². The summed E-state index contributed by atoms with van der Waals surface area (Å²) in [6.45, 7) is -0.274. The van der Waals surface area contributed by atoms with E-state index in [4.69, 9.17) is 11.5 Å². The number of primary amides is 1. The lowest BCUT2D eigenvalue weighted by molar-refractivity contribution is -0.123. The molecule has 90 valence electrons. The third-order valence-electron chi connectivity index (χ3n) is 2.33. The minimum Gasteiger partial charge on any atom is -0.390 e. The van der Waals surface area contributed by atoms with Crippen LogP contribution in [0.5, 0.6) is 0 Å². The van der Waals surface area contributed by atoms with E-state index in [1.54, 1.807) is 0 Å². The van der Waals surface area contributed by atoms with Crippen molar-refractivity contribution < 1.29 is 19.8 Å². The monoisotopic (exact) mass is 229 g/mol. The van der Waals surface area contributed by atoms with Crippen LogP contribution in [0.2, 0.25) is 0 Å². The number of nitrogens with one attached hydrogen (secondary N) is 1. The van der Waals surface area contributed by atoms with E-state index in [0.717, 1.165) is 0 Å². The summed E-state index contributed by atoms with van der Waals surface area (Å²) in [6.07, 6.45) is -0.783. The fourth-order valence-electron chi connectivity index (χ4n) is 1.45. The van der Waals surface area contributed by atoms with Gasteiger partial charge in [-0.15, -0.1) is 0 Å².